The molecule has 0 radical (unpaired) electrons. The first-order valence-electron chi connectivity index (χ1n) is 10.5. The van der Waals surface area contributed by atoms with Crippen LogP contribution in [0.5, 0.6) is 0 Å². The third kappa shape index (κ3) is 4.02. The summed E-state index contributed by atoms with van der Waals surface area (Å²) in [6.07, 6.45) is -0.632. The van der Waals surface area contributed by atoms with Crippen molar-refractivity contribution in [1.82, 2.24) is 10.2 Å². The summed E-state index contributed by atoms with van der Waals surface area (Å²) >= 11 is 0. The van der Waals surface area contributed by atoms with Crippen molar-refractivity contribution in [3.63, 3.8) is 0 Å². The smallest absolute Gasteiger partial charge is 0.317 e. The van der Waals surface area contributed by atoms with Gasteiger partial charge in [-0.2, -0.15) is 5.26 Å². The van der Waals surface area contributed by atoms with Crippen LogP contribution in [0.4, 0.5) is 6.01 Å². The fraction of sp³-hybridized carbons (Fsp3) is 0.115. The van der Waals surface area contributed by atoms with Gasteiger partial charge in [0.1, 0.15) is 0 Å². The van der Waals surface area contributed by atoms with E-state index in [2.05, 4.69) is 21.6 Å². The van der Waals surface area contributed by atoms with E-state index in [9.17, 15) is 4.79 Å². The van der Waals surface area contributed by atoms with Crippen LogP contribution in [-0.2, 0) is 11.2 Å². The van der Waals surface area contributed by atoms with Gasteiger partial charge in [-0.05, 0) is 36.2 Å². The second kappa shape index (κ2) is 8.52. The SMILES string of the molecule is Cc1cc(-c2nnc(N[C@H]3N=C(c4ccccc4)c4ccccc4CC3=O)o2)ccc1C#N. The predicted molar refractivity (Wildman–Crippen MR) is 124 cm³/mol. The summed E-state index contributed by atoms with van der Waals surface area (Å²) in [5.41, 5.74) is 5.61. The lowest BCUT2D eigenvalue weighted by Gasteiger charge is -2.11. The molecule has 0 fully saturated rings. The van der Waals surface area contributed by atoms with Crippen LogP contribution < -0.4 is 5.32 Å². The van der Waals surface area contributed by atoms with Gasteiger partial charge in [-0.1, -0.05) is 59.7 Å². The Balaban J connectivity index is 1.48. The van der Waals surface area contributed by atoms with Gasteiger partial charge in [-0.3, -0.25) is 9.79 Å². The van der Waals surface area contributed by atoms with E-state index in [1.165, 1.54) is 0 Å². The Hall–Kier alpha value is -4.57. The van der Waals surface area contributed by atoms with E-state index in [1.54, 1.807) is 12.1 Å². The molecule has 1 N–H and O–H groups in total. The van der Waals surface area contributed by atoms with Crippen molar-refractivity contribution >= 4 is 17.5 Å². The summed E-state index contributed by atoms with van der Waals surface area (Å²) in [7, 11) is 0. The number of anilines is 1. The zero-order valence-electron chi connectivity index (χ0n) is 17.8. The van der Waals surface area contributed by atoms with E-state index in [-0.39, 0.29) is 18.2 Å². The Morgan fingerprint density at radius 2 is 1.79 bits per heavy atom. The summed E-state index contributed by atoms with van der Waals surface area (Å²) in [4.78, 5) is 17.8. The normalized spacial score (nSPS) is 15.2. The van der Waals surface area contributed by atoms with Gasteiger partial charge in [0.2, 0.25) is 5.89 Å². The zero-order valence-corrected chi connectivity index (χ0v) is 17.8. The highest BCUT2D eigenvalue weighted by Gasteiger charge is 2.27. The maximum absolute atomic E-state index is 13.1. The van der Waals surface area contributed by atoms with Crippen molar-refractivity contribution in [2.45, 2.75) is 19.5 Å². The minimum atomic E-state index is -0.872. The molecule has 0 unspecified atom stereocenters. The first-order valence-corrected chi connectivity index (χ1v) is 10.5. The quantitative estimate of drug-likeness (QED) is 0.514. The molecule has 0 aliphatic carbocycles. The van der Waals surface area contributed by atoms with E-state index in [0.29, 0.717) is 17.0 Å². The van der Waals surface area contributed by atoms with Gasteiger partial charge in [0.05, 0.1) is 17.3 Å². The number of aryl methyl sites for hydroxylation is 1. The van der Waals surface area contributed by atoms with Gasteiger partial charge < -0.3 is 9.73 Å². The van der Waals surface area contributed by atoms with Crippen molar-refractivity contribution in [3.05, 3.63) is 101 Å². The van der Waals surface area contributed by atoms with Crippen molar-refractivity contribution in [2.75, 3.05) is 5.32 Å². The number of hydrogen-bond donors (Lipinski definition) is 1. The average Bonchev–Trinajstić information content (AvgIpc) is 3.26. The number of fused-ring (bicyclic) bond motifs is 1. The lowest BCUT2D eigenvalue weighted by atomic mass is 9.96. The molecule has 0 amide bonds. The molecule has 160 valence electrons. The molecule has 0 saturated heterocycles. The molecule has 1 aliphatic heterocycles. The topological polar surface area (TPSA) is 104 Å². The fourth-order valence-electron chi connectivity index (χ4n) is 3.84. The van der Waals surface area contributed by atoms with Crippen LogP contribution in [0.15, 0.2) is 82.2 Å². The highest BCUT2D eigenvalue weighted by molar-refractivity contribution is 6.16. The molecular formula is C26H19N5O2. The molecule has 1 aromatic heterocycles. The third-order valence-electron chi connectivity index (χ3n) is 5.53. The van der Waals surface area contributed by atoms with Crippen LogP contribution in [0.25, 0.3) is 11.5 Å². The summed E-state index contributed by atoms with van der Waals surface area (Å²) < 4.78 is 5.77. The Kier molecular flexibility index (Phi) is 5.25. The first-order chi connectivity index (χ1) is 16.1. The molecule has 1 aliphatic rings. The maximum atomic E-state index is 13.1. The lowest BCUT2D eigenvalue weighted by Crippen LogP contribution is -2.29. The van der Waals surface area contributed by atoms with Crippen LogP contribution in [-0.4, -0.2) is 27.9 Å². The summed E-state index contributed by atoms with van der Waals surface area (Å²) in [5.74, 6) is 0.198. The number of nitriles is 1. The second-order valence-electron chi connectivity index (χ2n) is 7.74. The van der Waals surface area contributed by atoms with Crippen molar-refractivity contribution < 1.29 is 9.21 Å². The Morgan fingerprint density at radius 1 is 1.00 bits per heavy atom. The van der Waals surface area contributed by atoms with Gasteiger partial charge in [-0.25, -0.2) is 0 Å². The molecule has 5 rings (SSSR count). The molecule has 0 bridgehead atoms. The molecule has 7 nitrogen and oxygen atoms in total. The number of ketones is 1. The number of nitrogens with one attached hydrogen (secondary N) is 1. The molecule has 3 aromatic carbocycles. The fourth-order valence-corrected chi connectivity index (χ4v) is 3.84. The second-order valence-corrected chi connectivity index (χ2v) is 7.74. The van der Waals surface area contributed by atoms with Gasteiger partial charge in [-0.15, -0.1) is 5.10 Å². The van der Waals surface area contributed by atoms with Crippen molar-refractivity contribution in [3.8, 4) is 17.5 Å². The number of rotatable bonds is 4. The van der Waals surface area contributed by atoms with E-state index in [0.717, 1.165) is 28.0 Å². The van der Waals surface area contributed by atoms with Crippen molar-refractivity contribution in [2.24, 2.45) is 4.99 Å². The van der Waals surface area contributed by atoms with Gasteiger partial charge >= 0.3 is 6.01 Å². The average molecular weight is 433 g/mol. The number of benzene rings is 3. The molecule has 0 spiro atoms. The van der Waals surface area contributed by atoms with Gasteiger partial charge in [0, 0.05) is 23.1 Å². The Labute approximate surface area is 190 Å². The number of Topliss-reactive ketones (excluding diaryl/α,β-unsaturated/α-hetero) is 1. The number of nitrogens with zero attached hydrogens (tertiary/aromatic N) is 4. The van der Waals surface area contributed by atoms with Gasteiger partial charge in [0.25, 0.3) is 0 Å². The van der Waals surface area contributed by atoms with Crippen LogP contribution in [0, 0.1) is 18.3 Å². The molecular weight excluding hydrogens is 414 g/mol. The summed E-state index contributed by atoms with van der Waals surface area (Å²) in [6, 6.07) is 25.1. The highest BCUT2D eigenvalue weighted by Crippen LogP contribution is 2.25. The lowest BCUT2D eigenvalue weighted by molar-refractivity contribution is -0.119. The van der Waals surface area contributed by atoms with E-state index < -0.39 is 6.17 Å². The van der Waals surface area contributed by atoms with E-state index in [1.807, 2.05) is 67.6 Å². The maximum Gasteiger partial charge on any atom is 0.317 e. The minimum Gasteiger partial charge on any atom is -0.403 e. The third-order valence-corrected chi connectivity index (χ3v) is 5.53. The van der Waals surface area contributed by atoms with Crippen LogP contribution >= 0.6 is 0 Å². The largest absolute Gasteiger partial charge is 0.403 e. The summed E-state index contributed by atoms with van der Waals surface area (Å²) in [5, 5.41) is 20.3. The number of aliphatic imine (C=N–C) groups is 1. The highest BCUT2D eigenvalue weighted by atomic mass is 16.4. The number of aromatic nitrogens is 2. The predicted octanol–water partition coefficient (Wildman–Crippen LogP) is 4.32. The molecule has 4 aromatic rings. The molecule has 2 heterocycles. The van der Waals surface area contributed by atoms with E-state index in [4.69, 9.17) is 14.7 Å². The molecule has 1 atom stereocenters. The number of hydrogen-bond acceptors (Lipinski definition) is 7. The Bertz CT molecular complexity index is 1420. The molecule has 0 saturated carbocycles. The summed E-state index contributed by atoms with van der Waals surface area (Å²) in [6.45, 7) is 1.85. The zero-order chi connectivity index (χ0) is 22.8. The number of carbonyl (C=O) groups is 1. The minimum absolute atomic E-state index is 0.0950. The van der Waals surface area contributed by atoms with Crippen LogP contribution in [0.2, 0.25) is 0 Å². The van der Waals surface area contributed by atoms with Crippen LogP contribution in [0.3, 0.4) is 0 Å². The molecule has 33 heavy (non-hydrogen) atoms. The van der Waals surface area contributed by atoms with Gasteiger partial charge in [0.15, 0.2) is 11.9 Å². The molecule has 7 heteroatoms. The standard InChI is InChI=1S/C26H19N5O2/c1-16-13-19(11-12-20(16)15-27)25-30-31-26(33-25)29-24-22(32)14-18-9-5-6-10-21(18)23(28-24)17-7-3-2-4-8-17/h2-13,24H,14H2,1H3,(H,29,31)/t24-/m1/s1. The number of carbonyl (C=O) groups excluding carboxylic acids is 1. The monoisotopic (exact) mass is 433 g/mol. The van der Waals surface area contributed by atoms with E-state index >= 15 is 0 Å². The Morgan fingerprint density at radius 3 is 2.58 bits per heavy atom. The van der Waals surface area contributed by atoms with Crippen molar-refractivity contribution in [1.29, 1.82) is 5.26 Å². The van der Waals surface area contributed by atoms with Crippen LogP contribution in [0.1, 0.15) is 27.8 Å². The first kappa shape index (κ1) is 20.3.